The van der Waals surface area contributed by atoms with Crippen LogP contribution in [0.2, 0.25) is 0 Å². The standard InChI is InChI=1S/C33H37FN8O/c1-35-27-15-30(40-42-29(19-38-31(27)42)32(43)39-26-14-24(26)34)41-12-7-23-22(3-2-4-28(23)41)25-6-5-20(18-37-25)13-21-16-33(17-21)8-10-36-11-9-33/h2-6,15,18-19,21,24,26,35-36H,7-14,16-17H2,1H3,(H,39,43)/t24-,26+/m0/s1. The molecule has 2 aliphatic carbocycles. The molecular formula is C33H37FN8O. The Balaban J connectivity index is 1.03. The molecule has 4 aromatic rings. The van der Waals surface area contributed by atoms with Crippen molar-refractivity contribution in [2.24, 2.45) is 11.3 Å². The lowest BCUT2D eigenvalue weighted by Gasteiger charge is -2.50. The summed E-state index contributed by atoms with van der Waals surface area (Å²) < 4.78 is 15.0. The molecule has 1 spiro atoms. The van der Waals surface area contributed by atoms with Crippen LogP contribution < -0.4 is 20.9 Å². The Morgan fingerprint density at radius 1 is 1.14 bits per heavy atom. The number of amides is 1. The highest BCUT2D eigenvalue weighted by molar-refractivity contribution is 5.94. The molecule has 222 valence electrons. The lowest BCUT2D eigenvalue weighted by Crippen LogP contribution is -2.45. The van der Waals surface area contributed by atoms with Crippen molar-refractivity contribution in [1.82, 2.24) is 30.2 Å². The largest absolute Gasteiger partial charge is 0.385 e. The summed E-state index contributed by atoms with van der Waals surface area (Å²) in [4.78, 5) is 24.4. The average molecular weight is 581 g/mol. The summed E-state index contributed by atoms with van der Waals surface area (Å²) in [5.41, 5.74) is 8.00. The second kappa shape index (κ2) is 10.3. The van der Waals surface area contributed by atoms with E-state index in [0.29, 0.717) is 23.3 Å². The third kappa shape index (κ3) is 4.72. The number of halogens is 1. The smallest absolute Gasteiger partial charge is 0.271 e. The highest BCUT2D eigenvalue weighted by Gasteiger charge is 2.44. The van der Waals surface area contributed by atoms with Gasteiger partial charge < -0.3 is 20.9 Å². The van der Waals surface area contributed by atoms with Crippen LogP contribution in [0.1, 0.15) is 53.7 Å². The number of benzene rings is 1. The van der Waals surface area contributed by atoms with Crippen molar-refractivity contribution >= 4 is 28.7 Å². The normalized spacial score (nSPS) is 22.4. The Labute approximate surface area is 250 Å². The van der Waals surface area contributed by atoms with Crippen LogP contribution in [0.3, 0.4) is 0 Å². The number of nitrogens with one attached hydrogen (secondary N) is 3. The van der Waals surface area contributed by atoms with Crippen molar-refractivity contribution in [2.45, 2.75) is 57.2 Å². The molecule has 9 nitrogen and oxygen atoms in total. The number of hydrogen-bond acceptors (Lipinski definition) is 7. The summed E-state index contributed by atoms with van der Waals surface area (Å²) in [6.45, 7) is 3.10. The first-order valence-electron chi connectivity index (χ1n) is 15.6. The fourth-order valence-corrected chi connectivity index (χ4v) is 7.61. The number of carbonyl (C=O) groups excluding carboxylic acids is 1. The van der Waals surface area contributed by atoms with E-state index in [0.717, 1.165) is 47.9 Å². The van der Waals surface area contributed by atoms with Crippen molar-refractivity contribution in [3.8, 4) is 11.3 Å². The topological polar surface area (TPSA) is 99.5 Å². The van der Waals surface area contributed by atoms with Gasteiger partial charge in [0, 0.05) is 43.5 Å². The van der Waals surface area contributed by atoms with Gasteiger partial charge >= 0.3 is 0 Å². The number of fused-ring (bicyclic) bond motifs is 2. The Bertz CT molecular complexity index is 1690. The number of carbonyl (C=O) groups is 1. The Kier molecular flexibility index (Phi) is 6.36. The van der Waals surface area contributed by atoms with Crippen molar-refractivity contribution in [3.63, 3.8) is 0 Å². The summed E-state index contributed by atoms with van der Waals surface area (Å²) in [6, 6.07) is 12.3. The number of alkyl halides is 1. The van der Waals surface area contributed by atoms with Crippen LogP contribution in [0.15, 0.2) is 48.8 Å². The van der Waals surface area contributed by atoms with E-state index in [1.807, 2.05) is 13.1 Å². The molecule has 2 aliphatic heterocycles. The molecule has 3 N–H and O–H groups in total. The first kappa shape index (κ1) is 26.6. The molecule has 3 aromatic heterocycles. The summed E-state index contributed by atoms with van der Waals surface area (Å²) >= 11 is 0. The summed E-state index contributed by atoms with van der Waals surface area (Å²) in [5, 5.41) is 14.3. The van der Waals surface area contributed by atoms with Gasteiger partial charge in [-0.25, -0.2) is 13.9 Å². The van der Waals surface area contributed by atoms with Crippen LogP contribution in [-0.2, 0) is 12.8 Å². The van der Waals surface area contributed by atoms with Crippen molar-refractivity contribution in [3.05, 3.63) is 65.6 Å². The Morgan fingerprint density at radius 3 is 2.72 bits per heavy atom. The van der Waals surface area contributed by atoms with Gasteiger partial charge in [0.1, 0.15) is 6.17 Å². The van der Waals surface area contributed by atoms with Gasteiger partial charge in [-0.05, 0) is 86.2 Å². The van der Waals surface area contributed by atoms with Crippen LogP contribution in [0.5, 0.6) is 0 Å². The maximum Gasteiger partial charge on any atom is 0.271 e. The minimum Gasteiger partial charge on any atom is -0.385 e. The van der Waals surface area contributed by atoms with E-state index in [4.69, 9.17) is 10.1 Å². The zero-order valence-corrected chi connectivity index (χ0v) is 24.4. The monoisotopic (exact) mass is 580 g/mol. The maximum absolute atomic E-state index is 13.4. The fourth-order valence-electron chi connectivity index (χ4n) is 7.61. The van der Waals surface area contributed by atoms with E-state index in [1.54, 1.807) is 4.52 Å². The van der Waals surface area contributed by atoms with E-state index in [2.05, 4.69) is 62.4 Å². The number of piperidine rings is 1. The van der Waals surface area contributed by atoms with Crippen LogP contribution in [0, 0.1) is 11.3 Å². The van der Waals surface area contributed by atoms with Crippen molar-refractivity contribution in [1.29, 1.82) is 0 Å². The van der Waals surface area contributed by atoms with Gasteiger partial charge in [-0.3, -0.25) is 9.78 Å². The zero-order chi connectivity index (χ0) is 29.1. The molecule has 1 aromatic carbocycles. The second-order valence-electron chi connectivity index (χ2n) is 12.9. The van der Waals surface area contributed by atoms with E-state index >= 15 is 0 Å². The molecule has 8 rings (SSSR count). The summed E-state index contributed by atoms with van der Waals surface area (Å²) in [5.74, 6) is 1.13. The van der Waals surface area contributed by atoms with Crippen LogP contribution in [0.25, 0.3) is 16.9 Å². The number of anilines is 3. The van der Waals surface area contributed by atoms with E-state index in [-0.39, 0.29) is 11.6 Å². The van der Waals surface area contributed by atoms with Gasteiger partial charge in [-0.1, -0.05) is 18.2 Å². The van der Waals surface area contributed by atoms with E-state index in [1.165, 1.54) is 56.1 Å². The number of nitrogens with zero attached hydrogens (tertiary/aromatic N) is 5. The highest BCUT2D eigenvalue weighted by atomic mass is 19.1. The third-order valence-corrected chi connectivity index (χ3v) is 10.0. The highest BCUT2D eigenvalue weighted by Crippen LogP contribution is 2.52. The lowest BCUT2D eigenvalue weighted by molar-refractivity contribution is 0.0221. The van der Waals surface area contributed by atoms with E-state index in [9.17, 15) is 9.18 Å². The van der Waals surface area contributed by atoms with Gasteiger partial charge in [0.15, 0.2) is 17.2 Å². The molecule has 0 radical (unpaired) electrons. The van der Waals surface area contributed by atoms with E-state index < -0.39 is 12.2 Å². The molecule has 1 amide bonds. The minimum absolute atomic E-state index is 0.290. The number of imidazole rings is 1. The molecular weight excluding hydrogens is 543 g/mol. The Hall–Kier alpha value is -4.05. The van der Waals surface area contributed by atoms with Gasteiger partial charge in [0.2, 0.25) is 0 Å². The zero-order valence-electron chi connectivity index (χ0n) is 24.4. The van der Waals surface area contributed by atoms with Gasteiger partial charge in [0.25, 0.3) is 5.91 Å². The predicted molar refractivity (Wildman–Crippen MR) is 165 cm³/mol. The molecule has 0 bridgehead atoms. The maximum atomic E-state index is 13.4. The molecule has 0 unspecified atom stereocenters. The molecule has 1 saturated heterocycles. The molecule has 5 heterocycles. The lowest BCUT2D eigenvalue weighted by atomic mass is 9.56. The molecule has 2 saturated carbocycles. The summed E-state index contributed by atoms with van der Waals surface area (Å²) in [7, 11) is 1.83. The Morgan fingerprint density at radius 2 is 1.98 bits per heavy atom. The average Bonchev–Trinajstić information content (AvgIpc) is 3.36. The van der Waals surface area contributed by atoms with Crippen LogP contribution in [0.4, 0.5) is 21.6 Å². The molecule has 4 aliphatic rings. The number of rotatable bonds is 7. The van der Waals surface area contributed by atoms with Gasteiger partial charge in [-0.15, -0.1) is 5.10 Å². The minimum atomic E-state index is -0.977. The van der Waals surface area contributed by atoms with Gasteiger partial charge in [-0.2, -0.15) is 0 Å². The molecule has 10 heteroatoms. The molecule has 3 fully saturated rings. The summed E-state index contributed by atoms with van der Waals surface area (Å²) in [6.07, 6.45) is 10.3. The van der Waals surface area contributed by atoms with Gasteiger partial charge in [0.05, 0.1) is 23.6 Å². The number of pyridine rings is 1. The van der Waals surface area contributed by atoms with Crippen LogP contribution >= 0.6 is 0 Å². The third-order valence-electron chi connectivity index (χ3n) is 10.0. The van der Waals surface area contributed by atoms with Crippen LogP contribution in [-0.4, -0.2) is 64.4 Å². The van der Waals surface area contributed by atoms with Crippen molar-refractivity contribution < 1.29 is 9.18 Å². The quantitative estimate of drug-likeness (QED) is 0.292. The number of aromatic nitrogens is 4. The fraction of sp³-hybridized carbons (Fsp3) is 0.455. The second-order valence-corrected chi connectivity index (χ2v) is 12.9. The predicted octanol–water partition coefficient (Wildman–Crippen LogP) is 4.69. The first-order chi connectivity index (χ1) is 21.0. The molecule has 43 heavy (non-hydrogen) atoms. The SMILES string of the molecule is CNc1cc(N2CCc3c(-c4ccc(CC5CC6(CCNCC6)C5)cn4)cccc32)nn2c(C(=O)N[C@@H]3C[C@@H]3F)cnc12. The van der Waals surface area contributed by atoms with Crippen molar-refractivity contribution in [2.75, 3.05) is 36.9 Å². The number of hydrogen-bond donors (Lipinski definition) is 3. The molecule has 2 atom stereocenters. The first-order valence-corrected chi connectivity index (χ1v) is 15.6.